The van der Waals surface area contributed by atoms with Gasteiger partial charge in [0.15, 0.2) is 11.5 Å². The van der Waals surface area contributed by atoms with Gasteiger partial charge in [0.2, 0.25) is 18.6 Å². The van der Waals surface area contributed by atoms with Crippen LogP contribution < -0.4 is 19.7 Å². The molecule has 1 N–H and O–H groups in total. The molecule has 8 heteroatoms. The largest absolute Gasteiger partial charge is 0.454 e. The maximum atomic E-state index is 12.8. The number of benzene rings is 2. The Labute approximate surface area is 180 Å². The topological polar surface area (TPSA) is 80.3 Å². The van der Waals surface area contributed by atoms with Crippen molar-refractivity contribution in [3.8, 4) is 11.5 Å². The number of rotatable bonds is 5. The number of carbonyl (C=O) groups is 2. The predicted molar refractivity (Wildman–Crippen MR) is 114 cm³/mol. The Balaban J connectivity index is 1.18. The molecule has 2 aromatic carbocycles. The highest BCUT2D eigenvalue weighted by Gasteiger charge is 2.35. The first-order valence-electron chi connectivity index (χ1n) is 10.6. The van der Waals surface area contributed by atoms with Crippen molar-refractivity contribution < 1.29 is 23.8 Å². The zero-order valence-electron chi connectivity index (χ0n) is 17.2. The third-order valence-electron chi connectivity index (χ3n) is 5.90. The summed E-state index contributed by atoms with van der Waals surface area (Å²) in [6, 6.07) is 13.3. The van der Waals surface area contributed by atoms with Crippen LogP contribution >= 0.6 is 0 Å². The highest BCUT2D eigenvalue weighted by Crippen LogP contribution is 2.37. The summed E-state index contributed by atoms with van der Waals surface area (Å²) in [5, 5.41) is 2.95. The number of carbonyl (C=O) groups excluding carboxylic acids is 2. The van der Waals surface area contributed by atoms with E-state index in [4.69, 9.17) is 14.2 Å². The van der Waals surface area contributed by atoms with Gasteiger partial charge >= 0.3 is 0 Å². The van der Waals surface area contributed by atoms with E-state index in [0.29, 0.717) is 18.0 Å². The molecule has 3 heterocycles. The van der Waals surface area contributed by atoms with Gasteiger partial charge in [0.05, 0.1) is 19.1 Å². The fraction of sp³-hybridized carbons (Fsp3) is 0.391. The predicted octanol–water partition coefficient (Wildman–Crippen LogP) is 2.24. The van der Waals surface area contributed by atoms with E-state index in [9.17, 15) is 9.59 Å². The zero-order valence-corrected chi connectivity index (χ0v) is 17.2. The molecule has 2 aromatic rings. The van der Waals surface area contributed by atoms with Crippen LogP contribution in [0.2, 0.25) is 0 Å². The Morgan fingerprint density at radius 3 is 2.61 bits per heavy atom. The molecule has 3 aliphatic rings. The molecule has 5 rings (SSSR count). The smallest absolute Gasteiger partial charge is 0.231 e. The molecule has 2 saturated heterocycles. The van der Waals surface area contributed by atoms with Gasteiger partial charge in [0, 0.05) is 50.0 Å². The van der Waals surface area contributed by atoms with Gasteiger partial charge in [0.1, 0.15) is 0 Å². The first-order valence-corrected chi connectivity index (χ1v) is 10.6. The summed E-state index contributed by atoms with van der Waals surface area (Å²) in [6.07, 6.45) is 0.190. The van der Waals surface area contributed by atoms with Crippen LogP contribution in [0.4, 0.5) is 11.4 Å². The second-order valence-corrected chi connectivity index (χ2v) is 8.02. The van der Waals surface area contributed by atoms with Crippen LogP contribution in [0.15, 0.2) is 42.5 Å². The van der Waals surface area contributed by atoms with Gasteiger partial charge in [-0.1, -0.05) is 12.1 Å². The Hall–Kier alpha value is -3.10. The van der Waals surface area contributed by atoms with E-state index in [1.54, 1.807) is 17.0 Å². The van der Waals surface area contributed by atoms with Gasteiger partial charge in [-0.2, -0.15) is 0 Å². The number of hydrogen-bond acceptors (Lipinski definition) is 6. The lowest BCUT2D eigenvalue weighted by atomic mass is 10.1. The van der Waals surface area contributed by atoms with E-state index >= 15 is 0 Å². The minimum atomic E-state index is -0.397. The summed E-state index contributed by atoms with van der Waals surface area (Å²) < 4.78 is 16.1. The van der Waals surface area contributed by atoms with Gasteiger partial charge in [-0.15, -0.1) is 0 Å². The number of morpholine rings is 1. The van der Waals surface area contributed by atoms with E-state index in [-0.39, 0.29) is 25.0 Å². The third-order valence-corrected chi connectivity index (χ3v) is 5.90. The standard InChI is InChI=1S/C23H25N3O5/c27-22-11-17(14-26(22)19-5-6-20-21(12-19)31-15-30-20)23(28)24-18-3-1-16(2-4-18)13-25-7-9-29-10-8-25/h1-6,12,17H,7-11,13-15H2,(H,24,28). The molecule has 0 aliphatic carbocycles. The van der Waals surface area contributed by atoms with Crippen LogP contribution in [-0.4, -0.2) is 56.4 Å². The van der Waals surface area contributed by atoms with E-state index in [1.165, 1.54) is 5.56 Å². The van der Waals surface area contributed by atoms with Crippen molar-refractivity contribution in [2.24, 2.45) is 5.92 Å². The Morgan fingerprint density at radius 1 is 1.03 bits per heavy atom. The lowest BCUT2D eigenvalue weighted by Crippen LogP contribution is -2.35. The minimum Gasteiger partial charge on any atom is -0.454 e. The minimum absolute atomic E-state index is 0.0696. The summed E-state index contributed by atoms with van der Waals surface area (Å²) >= 11 is 0. The fourth-order valence-electron chi connectivity index (χ4n) is 4.14. The molecule has 31 heavy (non-hydrogen) atoms. The fourth-order valence-corrected chi connectivity index (χ4v) is 4.14. The molecule has 162 valence electrons. The molecule has 2 amide bonds. The highest BCUT2D eigenvalue weighted by molar-refractivity contribution is 6.03. The molecule has 8 nitrogen and oxygen atoms in total. The highest BCUT2D eigenvalue weighted by atomic mass is 16.7. The quantitative estimate of drug-likeness (QED) is 0.795. The molecular weight excluding hydrogens is 398 g/mol. The lowest BCUT2D eigenvalue weighted by molar-refractivity contribution is -0.122. The Bertz CT molecular complexity index is 972. The molecule has 1 atom stereocenters. The van der Waals surface area contributed by atoms with Crippen molar-refractivity contribution in [2.45, 2.75) is 13.0 Å². The number of fused-ring (bicyclic) bond motifs is 1. The number of nitrogens with zero attached hydrogens (tertiary/aromatic N) is 2. The molecule has 2 fully saturated rings. The number of anilines is 2. The van der Waals surface area contributed by atoms with Gasteiger partial charge in [-0.25, -0.2) is 0 Å². The van der Waals surface area contributed by atoms with Crippen LogP contribution in [0.25, 0.3) is 0 Å². The van der Waals surface area contributed by atoms with Crippen LogP contribution in [-0.2, 0) is 20.9 Å². The molecule has 1 unspecified atom stereocenters. The van der Waals surface area contributed by atoms with Crippen molar-refractivity contribution in [1.82, 2.24) is 4.90 Å². The summed E-state index contributed by atoms with van der Waals surface area (Å²) in [7, 11) is 0. The summed E-state index contributed by atoms with van der Waals surface area (Å²) in [6.45, 7) is 4.83. The summed E-state index contributed by atoms with van der Waals surface area (Å²) in [5.74, 6) is 0.681. The van der Waals surface area contributed by atoms with Crippen molar-refractivity contribution >= 4 is 23.2 Å². The van der Waals surface area contributed by atoms with Gasteiger partial charge < -0.3 is 24.4 Å². The second kappa shape index (κ2) is 8.56. The van der Waals surface area contributed by atoms with E-state index < -0.39 is 5.92 Å². The summed E-state index contributed by atoms with van der Waals surface area (Å²) in [5.41, 5.74) is 2.66. The third kappa shape index (κ3) is 4.35. The second-order valence-electron chi connectivity index (χ2n) is 8.02. The molecule has 0 bridgehead atoms. The van der Waals surface area contributed by atoms with Crippen molar-refractivity contribution in [1.29, 1.82) is 0 Å². The maximum absolute atomic E-state index is 12.8. The molecular formula is C23H25N3O5. The van der Waals surface area contributed by atoms with E-state index in [1.807, 2.05) is 30.3 Å². The van der Waals surface area contributed by atoms with Gasteiger partial charge in [-0.3, -0.25) is 14.5 Å². The van der Waals surface area contributed by atoms with Crippen LogP contribution in [0, 0.1) is 5.92 Å². The SMILES string of the molecule is O=C(Nc1ccc(CN2CCOCC2)cc1)C1CC(=O)N(c2ccc3c(c2)OCO3)C1. The molecule has 0 spiro atoms. The molecule has 0 aromatic heterocycles. The molecule has 3 aliphatic heterocycles. The van der Waals surface area contributed by atoms with Crippen LogP contribution in [0.1, 0.15) is 12.0 Å². The summed E-state index contributed by atoms with van der Waals surface area (Å²) in [4.78, 5) is 29.3. The van der Waals surface area contributed by atoms with E-state index in [0.717, 1.165) is 44.2 Å². The first-order chi connectivity index (χ1) is 15.2. The molecule has 0 saturated carbocycles. The van der Waals surface area contributed by atoms with Gasteiger partial charge in [0.25, 0.3) is 0 Å². The average molecular weight is 423 g/mol. The zero-order chi connectivity index (χ0) is 21.2. The molecule has 0 radical (unpaired) electrons. The maximum Gasteiger partial charge on any atom is 0.231 e. The number of ether oxygens (including phenoxy) is 3. The van der Waals surface area contributed by atoms with Crippen molar-refractivity contribution in [3.05, 3.63) is 48.0 Å². The van der Waals surface area contributed by atoms with Crippen molar-refractivity contribution in [2.75, 3.05) is 49.9 Å². The van der Waals surface area contributed by atoms with E-state index in [2.05, 4.69) is 10.2 Å². The normalized spacial score (nSPS) is 20.8. The lowest BCUT2D eigenvalue weighted by Gasteiger charge is -2.26. The van der Waals surface area contributed by atoms with Crippen LogP contribution in [0.5, 0.6) is 11.5 Å². The Morgan fingerprint density at radius 2 is 1.81 bits per heavy atom. The van der Waals surface area contributed by atoms with Gasteiger partial charge in [-0.05, 0) is 29.8 Å². The number of nitrogens with one attached hydrogen (secondary N) is 1. The monoisotopic (exact) mass is 423 g/mol. The van der Waals surface area contributed by atoms with Crippen molar-refractivity contribution in [3.63, 3.8) is 0 Å². The first kappa shape index (κ1) is 19.8. The number of amides is 2. The number of hydrogen-bond donors (Lipinski definition) is 1. The van der Waals surface area contributed by atoms with Crippen LogP contribution in [0.3, 0.4) is 0 Å². The Kier molecular flexibility index (Phi) is 5.48. The average Bonchev–Trinajstić information content (AvgIpc) is 3.42.